The number of hydrogen-bond donors (Lipinski definition) is 0. The van der Waals surface area contributed by atoms with Gasteiger partial charge < -0.3 is 14.2 Å². The summed E-state index contributed by atoms with van der Waals surface area (Å²) in [6.07, 6.45) is 63.4. The number of hydrogen-bond acceptors (Lipinski definition) is 6. The second kappa shape index (κ2) is 51.7. The Balaban J connectivity index is 4.40. The summed E-state index contributed by atoms with van der Waals surface area (Å²) in [7, 11) is 0. The van der Waals surface area contributed by atoms with Crippen LogP contribution in [0.1, 0.15) is 265 Å². The molecule has 63 heavy (non-hydrogen) atoms. The minimum absolute atomic E-state index is 0.0819. The van der Waals surface area contributed by atoms with Crippen LogP contribution < -0.4 is 0 Å². The van der Waals surface area contributed by atoms with Crippen molar-refractivity contribution in [2.45, 2.75) is 271 Å². The maximum Gasteiger partial charge on any atom is 0.306 e. The molecule has 0 aliphatic heterocycles. The lowest BCUT2D eigenvalue weighted by Gasteiger charge is -2.18. The molecule has 0 aliphatic rings. The van der Waals surface area contributed by atoms with Gasteiger partial charge in [0, 0.05) is 19.3 Å². The van der Waals surface area contributed by atoms with Crippen LogP contribution in [0.4, 0.5) is 0 Å². The molecule has 6 heteroatoms. The molecule has 364 valence electrons. The second-order valence-electron chi connectivity index (χ2n) is 17.8. The monoisotopic (exact) mass is 881 g/mol. The van der Waals surface area contributed by atoms with E-state index in [1.165, 1.54) is 116 Å². The molecule has 0 rings (SSSR count). The highest BCUT2D eigenvalue weighted by Gasteiger charge is 2.19. The third-order valence-corrected chi connectivity index (χ3v) is 11.5. The summed E-state index contributed by atoms with van der Waals surface area (Å²) in [5, 5.41) is 0. The van der Waals surface area contributed by atoms with Gasteiger partial charge in [0.2, 0.25) is 0 Å². The van der Waals surface area contributed by atoms with E-state index < -0.39 is 6.10 Å². The number of unbranched alkanes of at least 4 members (excludes halogenated alkanes) is 27. The molecule has 0 fully saturated rings. The minimum Gasteiger partial charge on any atom is -0.462 e. The molecule has 0 radical (unpaired) electrons. The zero-order valence-corrected chi connectivity index (χ0v) is 41.6. The molecule has 0 bridgehead atoms. The molecule has 0 unspecified atom stereocenters. The van der Waals surface area contributed by atoms with Gasteiger partial charge in [-0.05, 0) is 83.5 Å². The van der Waals surface area contributed by atoms with Crippen molar-refractivity contribution in [1.82, 2.24) is 0 Å². The summed E-state index contributed by atoms with van der Waals surface area (Å²) in [6.45, 7) is 6.49. The molecule has 0 N–H and O–H groups in total. The Morgan fingerprint density at radius 3 is 1.00 bits per heavy atom. The highest BCUT2D eigenvalue weighted by molar-refractivity contribution is 5.71. The molecule has 0 saturated heterocycles. The van der Waals surface area contributed by atoms with Crippen LogP contribution in [0, 0.1) is 0 Å². The van der Waals surface area contributed by atoms with Crippen LogP contribution in [0.2, 0.25) is 0 Å². The molecule has 0 aromatic rings. The topological polar surface area (TPSA) is 78.9 Å². The fourth-order valence-electron chi connectivity index (χ4n) is 7.49. The first kappa shape index (κ1) is 60.1. The van der Waals surface area contributed by atoms with Gasteiger partial charge in [-0.1, -0.05) is 223 Å². The van der Waals surface area contributed by atoms with Crippen LogP contribution >= 0.6 is 0 Å². The van der Waals surface area contributed by atoms with Crippen LogP contribution in [0.5, 0.6) is 0 Å². The predicted molar refractivity (Wildman–Crippen MR) is 270 cm³/mol. The maximum absolute atomic E-state index is 12.8. The van der Waals surface area contributed by atoms with Crippen LogP contribution in [0.15, 0.2) is 60.8 Å². The van der Waals surface area contributed by atoms with E-state index in [-0.39, 0.29) is 31.1 Å². The Hall–Kier alpha value is -2.89. The Labute approximate surface area is 390 Å². The van der Waals surface area contributed by atoms with Gasteiger partial charge in [-0.3, -0.25) is 14.4 Å². The molecular formula is C57H100O6. The Bertz CT molecular complexity index is 1150. The Kier molecular flexibility index (Phi) is 49.4. The average molecular weight is 881 g/mol. The van der Waals surface area contributed by atoms with Gasteiger partial charge in [0.15, 0.2) is 6.10 Å². The summed E-state index contributed by atoms with van der Waals surface area (Å²) in [5.74, 6) is -0.900. The van der Waals surface area contributed by atoms with Crippen molar-refractivity contribution in [2.75, 3.05) is 13.2 Å². The SMILES string of the molecule is CC/C=C\C/C=C\C/C=C\CCCCCCCC(=O)O[C@@H](COC(=O)CCCCCCCCC/C=C\C/C=C\CCCCC)COC(=O)CCCCCCCCCCCCCCC. The summed E-state index contributed by atoms with van der Waals surface area (Å²) in [4.78, 5) is 38.0. The van der Waals surface area contributed by atoms with E-state index in [1.807, 2.05) is 0 Å². The fourth-order valence-corrected chi connectivity index (χ4v) is 7.49. The van der Waals surface area contributed by atoms with E-state index in [4.69, 9.17) is 14.2 Å². The Morgan fingerprint density at radius 1 is 0.333 bits per heavy atom. The third-order valence-electron chi connectivity index (χ3n) is 11.5. The van der Waals surface area contributed by atoms with Gasteiger partial charge in [0.05, 0.1) is 0 Å². The summed E-state index contributed by atoms with van der Waals surface area (Å²) >= 11 is 0. The summed E-state index contributed by atoms with van der Waals surface area (Å²) < 4.78 is 16.8. The van der Waals surface area contributed by atoms with Crippen LogP contribution in [0.25, 0.3) is 0 Å². The lowest BCUT2D eigenvalue weighted by atomic mass is 10.0. The normalized spacial score (nSPS) is 12.5. The highest BCUT2D eigenvalue weighted by Crippen LogP contribution is 2.15. The molecule has 6 nitrogen and oxygen atoms in total. The molecule has 1 atom stereocenters. The van der Waals surface area contributed by atoms with Crippen molar-refractivity contribution < 1.29 is 28.6 Å². The van der Waals surface area contributed by atoms with Crippen molar-refractivity contribution >= 4 is 17.9 Å². The van der Waals surface area contributed by atoms with Crippen molar-refractivity contribution in [3.05, 3.63) is 60.8 Å². The van der Waals surface area contributed by atoms with Gasteiger partial charge in [0.25, 0.3) is 0 Å². The molecule has 0 aliphatic carbocycles. The molecular weight excluding hydrogens is 781 g/mol. The molecule has 0 aromatic heterocycles. The largest absolute Gasteiger partial charge is 0.462 e. The number of esters is 3. The first-order valence-corrected chi connectivity index (χ1v) is 26.8. The van der Waals surface area contributed by atoms with E-state index in [0.29, 0.717) is 19.3 Å². The van der Waals surface area contributed by atoms with Crippen molar-refractivity contribution in [3.63, 3.8) is 0 Å². The minimum atomic E-state index is -0.784. The number of rotatable bonds is 48. The first-order valence-electron chi connectivity index (χ1n) is 26.8. The van der Waals surface area contributed by atoms with E-state index >= 15 is 0 Å². The zero-order chi connectivity index (χ0) is 45.8. The molecule has 0 saturated carbocycles. The molecule has 0 aromatic carbocycles. The number of ether oxygens (including phenoxy) is 3. The van der Waals surface area contributed by atoms with Gasteiger partial charge in [-0.15, -0.1) is 0 Å². The number of allylic oxidation sites excluding steroid dienone is 10. The highest BCUT2D eigenvalue weighted by atomic mass is 16.6. The van der Waals surface area contributed by atoms with Crippen molar-refractivity contribution in [1.29, 1.82) is 0 Å². The maximum atomic E-state index is 12.8. The molecule has 0 spiro atoms. The van der Waals surface area contributed by atoms with E-state index in [1.54, 1.807) is 0 Å². The number of carbonyl (C=O) groups excluding carboxylic acids is 3. The summed E-state index contributed by atoms with van der Waals surface area (Å²) in [5.41, 5.74) is 0. The van der Waals surface area contributed by atoms with Crippen molar-refractivity contribution in [3.8, 4) is 0 Å². The van der Waals surface area contributed by atoms with E-state index in [0.717, 1.165) is 109 Å². The zero-order valence-electron chi connectivity index (χ0n) is 41.6. The average Bonchev–Trinajstić information content (AvgIpc) is 3.28. The molecule has 0 amide bonds. The smallest absolute Gasteiger partial charge is 0.306 e. The quantitative estimate of drug-likeness (QED) is 0.0262. The van der Waals surface area contributed by atoms with Gasteiger partial charge in [0.1, 0.15) is 13.2 Å². The summed E-state index contributed by atoms with van der Waals surface area (Å²) in [6, 6.07) is 0. The Morgan fingerprint density at radius 2 is 0.619 bits per heavy atom. The van der Waals surface area contributed by atoms with E-state index in [9.17, 15) is 14.4 Å². The van der Waals surface area contributed by atoms with Gasteiger partial charge >= 0.3 is 17.9 Å². The number of carbonyl (C=O) groups is 3. The predicted octanol–water partition coefficient (Wildman–Crippen LogP) is 17.6. The van der Waals surface area contributed by atoms with Crippen LogP contribution in [-0.2, 0) is 28.6 Å². The second-order valence-corrected chi connectivity index (χ2v) is 17.8. The van der Waals surface area contributed by atoms with Crippen LogP contribution in [-0.4, -0.2) is 37.2 Å². The lowest BCUT2D eigenvalue weighted by molar-refractivity contribution is -0.167. The molecule has 0 heterocycles. The standard InChI is InChI=1S/C57H100O6/c1-4-7-10-13-16-19-22-25-27-28-30-32-35-38-41-44-47-50-56(59)62-53-54(52-61-55(58)49-46-43-40-37-34-31-24-21-18-15-12-9-6-3)63-57(60)51-48-45-42-39-36-33-29-26-23-20-17-14-11-8-5-2/h8,11,16-17,19-20,25-27,29,54H,4-7,9-10,12-15,18,21-24,28,30-53H2,1-3H3/b11-8-,19-16-,20-17-,27-25-,29-26-/t54-/m1/s1. The lowest BCUT2D eigenvalue weighted by Crippen LogP contribution is -2.30. The first-order chi connectivity index (χ1) is 31.0. The van der Waals surface area contributed by atoms with Gasteiger partial charge in [-0.25, -0.2) is 0 Å². The fraction of sp³-hybridized carbons (Fsp3) is 0.772. The third kappa shape index (κ3) is 50.0. The van der Waals surface area contributed by atoms with Crippen LogP contribution in [0.3, 0.4) is 0 Å². The van der Waals surface area contributed by atoms with Crippen molar-refractivity contribution in [2.24, 2.45) is 0 Å². The van der Waals surface area contributed by atoms with Gasteiger partial charge in [-0.2, -0.15) is 0 Å². The van der Waals surface area contributed by atoms with E-state index in [2.05, 4.69) is 81.5 Å².